The van der Waals surface area contributed by atoms with Gasteiger partial charge >= 0.3 is 0 Å². The first kappa shape index (κ1) is 19.1. The summed E-state index contributed by atoms with van der Waals surface area (Å²) in [5.74, 6) is 0.618. The molecule has 1 spiro atoms. The lowest BCUT2D eigenvalue weighted by Crippen LogP contribution is -2.53. The highest BCUT2D eigenvalue weighted by atomic mass is 16.5. The number of fused-ring (bicyclic) bond motifs is 2. The Hall–Kier alpha value is -2.93. The van der Waals surface area contributed by atoms with Crippen molar-refractivity contribution in [1.82, 2.24) is 24.7 Å². The van der Waals surface area contributed by atoms with E-state index in [2.05, 4.69) is 45.6 Å². The van der Waals surface area contributed by atoms with Crippen LogP contribution in [0.25, 0.3) is 0 Å². The van der Waals surface area contributed by atoms with Crippen LogP contribution in [0.1, 0.15) is 45.8 Å². The number of nitrogens with zero attached hydrogens (tertiary/aromatic N) is 5. The van der Waals surface area contributed by atoms with Gasteiger partial charge in [0.15, 0.2) is 5.69 Å². The van der Waals surface area contributed by atoms with E-state index in [1.54, 1.807) is 6.07 Å². The number of aryl methyl sites for hydroxylation is 2. The predicted octanol–water partition coefficient (Wildman–Crippen LogP) is 2.91. The Balaban J connectivity index is 1.37. The summed E-state index contributed by atoms with van der Waals surface area (Å²) in [7, 11) is 1.95. The molecule has 5 rings (SSSR count). The molecule has 0 radical (unpaired) electrons. The van der Waals surface area contributed by atoms with Crippen LogP contribution in [0.4, 0.5) is 0 Å². The average Bonchev–Trinajstić information content (AvgIpc) is 3.37. The molecule has 0 saturated carbocycles. The number of benzene rings is 1. The van der Waals surface area contributed by atoms with Crippen molar-refractivity contribution in [3.63, 3.8) is 0 Å². The first-order chi connectivity index (χ1) is 14.5. The van der Waals surface area contributed by atoms with Gasteiger partial charge in [0, 0.05) is 49.9 Å². The highest BCUT2D eigenvalue weighted by Crippen LogP contribution is 2.42. The molecule has 0 bridgehead atoms. The molecule has 0 unspecified atom stereocenters. The summed E-state index contributed by atoms with van der Waals surface area (Å²) in [6, 6.07) is 10.3. The highest BCUT2D eigenvalue weighted by molar-refractivity contribution is 5.92. The second kappa shape index (κ2) is 7.40. The van der Waals surface area contributed by atoms with Crippen LogP contribution in [0.2, 0.25) is 0 Å². The minimum atomic E-state index is -0.0430. The number of hydrogen-bond donors (Lipinski definition) is 0. The fraction of sp³-hybridized carbons (Fsp3) is 0.435. The number of aromatic nitrogens is 3. The third-order valence-electron chi connectivity index (χ3n) is 6.56. The molecule has 2 aromatic heterocycles. The fourth-order valence-corrected chi connectivity index (χ4v) is 5.04. The van der Waals surface area contributed by atoms with Crippen molar-refractivity contribution in [1.29, 1.82) is 0 Å². The van der Waals surface area contributed by atoms with E-state index in [0.29, 0.717) is 18.0 Å². The average molecular weight is 406 g/mol. The predicted molar refractivity (Wildman–Crippen MR) is 112 cm³/mol. The summed E-state index contributed by atoms with van der Waals surface area (Å²) in [5.41, 5.74) is 4.30. The van der Waals surface area contributed by atoms with Crippen molar-refractivity contribution in [3.8, 4) is 0 Å². The molecule has 2 aliphatic heterocycles. The van der Waals surface area contributed by atoms with Gasteiger partial charge < -0.3 is 9.42 Å². The largest absolute Gasteiger partial charge is 0.361 e. The number of hydrogen-bond acceptors (Lipinski definition) is 5. The summed E-state index contributed by atoms with van der Waals surface area (Å²) in [6.45, 7) is 6.11. The number of carbonyl (C=O) groups excluding carboxylic acids is 1. The molecule has 1 amide bonds. The van der Waals surface area contributed by atoms with Crippen molar-refractivity contribution < 1.29 is 9.32 Å². The topological polar surface area (TPSA) is 67.4 Å². The second-order valence-electron chi connectivity index (χ2n) is 8.72. The standard InChI is InChI=1S/C23H27N5O2/c1-17-11-21(25-30-17)22(29)28-15-19-5-3-4-6-20(19)23(16-28)7-9-27(10-8-23)14-18-12-24-26(2)13-18/h3-6,11-13H,7-10,14-16H2,1-2H3. The van der Waals surface area contributed by atoms with E-state index in [1.165, 1.54) is 16.7 Å². The molecule has 0 aliphatic carbocycles. The molecule has 1 aromatic carbocycles. The number of rotatable bonds is 3. The lowest BCUT2D eigenvalue weighted by Gasteiger charge is -2.48. The lowest BCUT2D eigenvalue weighted by atomic mass is 9.68. The Morgan fingerprint density at radius 1 is 1.23 bits per heavy atom. The second-order valence-corrected chi connectivity index (χ2v) is 8.72. The van der Waals surface area contributed by atoms with Gasteiger partial charge in [-0.3, -0.25) is 14.4 Å². The zero-order chi connectivity index (χ0) is 20.7. The summed E-state index contributed by atoms with van der Waals surface area (Å²) in [4.78, 5) is 17.6. The van der Waals surface area contributed by atoms with Gasteiger partial charge in [-0.2, -0.15) is 5.10 Å². The Morgan fingerprint density at radius 3 is 2.73 bits per heavy atom. The van der Waals surface area contributed by atoms with Gasteiger partial charge in [0.2, 0.25) is 0 Å². The molecule has 0 N–H and O–H groups in total. The van der Waals surface area contributed by atoms with Crippen LogP contribution in [-0.2, 0) is 25.6 Å². The van der Waals surface area contributed by atoms with Crippen molar-refractivity contribution in [2.45, 2.75) is 38.3 Å². The van der Waals surface area contributed by atoms with Gasteiger partial charge in [0.05, 0.1) is 6.20 Å². The first-order valence-electron chi connectivity index (χ1n) is 10.5. The minimum absolute atomic E-state index is 0.00524. The maximum atomic E-state index is 13.1. The van der Waals surface area contributed by atoms with E-state index in [-0.39, 0.29) is 11.3 Å². The van der Waals surface area contributed by atoms with Gasteiger partial charge in [-0.1, -0.05) is 29.4 Å². The summed E-state index contributed by atoms with van der Waals surface area (Å²) in [6.07, 6.45) is 6.10. The maximum absolute atomic E-state index is 13.1. The number of amides is 1. The summed E-state index contributed by atoms with van der Waals surface area (Å²) >= 11 is 0. The Morgan fingerprint density at radius 2 is 2.03 bits per heavy atom. The van der Waals surface area contributed by atoms with E-state index in [9.17, 15) is 4.79 Å². The van der Waals surface area contributed by atoms with E-state index in [1.807, 2.05) is 29.7 Å². The molecule has 7 nitrogen and oxygen atoms in total. The van der Waals surface area contributed by atoms with E-state index >= 15 is 0 Å². The van der Waals surface area contributed by atoms with E-state index in [0.717, 1.165) is 39.0 Å². The van der Waals surface area contributed by atoms with E-state index in [4.69, 9.17) is 4.52 Å². The summed E-state index contributed by atoms with van der Waals surface area (Å²) < 4.78 is 7.00. The maximum Gasteiger partial charge on any atom is 0.276 e. The number of piperidine rings is 1. The van der Waals surface area contributed by atoms with Crippen molar-refractivity contribution >= 4 is 5.91 Å². The van der Waals surface area contributed by atoms with Crippen LogP contribution in [0.15, 0.2) is 47.2 Å². The minimum Gasteiger partial charge on any atom is -0.361 e. The van der Waals surface area contributed by atoms with E-state index < -0.39 is 0 Å². The first-order valence-corrected chi connectivity index (χ1v) is 10.5. The molecule has 3 aromatic rings. The SMILES string of the molecule is Cc1cc(C(=O)N2Cc3ccccc3C3(CCN(Cc4cnn(C)c4)CC3)C2)no1. The Bertz CT molecular complexity index is 1060. The summed E-state index contributed by atoms with van der Waals surface area (Å²) in [5, 5.41) is 8.25. The van der Waals surface area contributed by atoms with Crippen molar-refractivity contribution in [2.24, 2.45) is 7.05 Å². The van der Waals surface area contributed by atoms with Gasteiger partial charge in [-0.05, 0) is 44.0 Å². The highest BCUT2D eigenvalue weighted by Gasteiger charge is 2.43. The third kappa shape index (κ3) is 3.43. The molecule has 0 atom stereocenters. The Kier molecular flexibility index (Phi) is 4.70. The van der Waals surface area contributed by atoms with Crippen LogP contribution >= 0.6 is 0 Å². The van der Waals surface area contributed by atoms with Crippen LogP contribution in [0.5, 0.6) is 0 Å². The van der Waals surface area contributed by atoms with Crippen molar-refractivity contribution in [3.05, 3.63) is 70.9 Å². The van der Waals surface area contributed by atoms with Crippen LogP contribution in [0.3, 0.4) is 0 Å². The Labute approximate surface area is 176 Å². The van der Waals surface area contributed by atoms with Crippen molar-refractivity contribution in [2.75, 3.05) is 19.6 Å². The molecule has 7 heteroatoms. The van der Waals surface area contributed by atoms with Crippen LogP contribution in [0, 0.1) is 6.92 Å². The normalized spacial score (nSPS) is 18.5. The molecule has 4 heterocycles. The molecule has 156 valence electrons. The van der Waals surface area contributed by atoms with Gasteiger partial charge in [-0.25, -0.2) is 0 Å². The smallest absolute Gasteiger partial charge is 0.276 e. The zero-order valence-electron chi connectivity index (χ0n) is 17.5. The van der Waals surface area contributed by atoms with Gasteiger partial charge in [-0.15, -0.1) is 0 Å². The monoisotopic (exact) mass is 405 g/mol. The van der Waals surface area contributed by atoms with Gasteiger partial charge in [0.25, 0.3) is 5.91 Å². The molecule has 1 saturated heterocycles. The quantitative estimate of drug-likeness (QED) is 0.670. The molecular formula is C23H27N5O2. The van der Waals surface area contributed by atoms with Gasteiger partial charge in [0.1, 0.15) is 5.76 Å². The number of carbonyl (C=O) groups is 1. The third-order valence-corrected chi connectivity index (χ3v) is 6.56. The zero-order valence-corrected chi connectivity index (χ0v) is 17.5. The fourth-order valence-electron chi connectivity index (χ4n) is 5.04. The van der Waals surface area contributed by atoms with Crippen LogP contribution < -0.4 is 0 Å². The molecule has 1 fully saturated rings. The molecular weight excluding hydrogens is 378 g/mol. The number of likely N-dealkylation sites (tertiary alicyclic amines) is 1. The van der Waals surface area contributed by atoms with Crippen LogP contribution in [-0.4, -0.2) is 50.3 Å². The lowest BCUT2D eigenvalue weighted by molar-refractivity contribution is 0.0564. The molecule has 30 heavy (non-hydrogen) atoms. The molecule has 2 aliphatic rings.